The first-order valence-electron chi connectivity index (χ1n) is 5.21. The molecule has 92 valence electrons. The minimum absolute atomic E-state index is 0.00837. The average molecular weight is 299 g/mol. The topological polar surface area (TPSA) is 35.5 Å². The van der Waals surface area contributed by atoms with Gasteiger partial charge in [-0.3, -0.25) is 4.79 Å². The summed E-state index contributed by atoms with van der Waals surface area (Å²) in [6, 6.07) is 5.16. The second-order valence-corrected chi connectivity index (χ2v) is 4.01. The highest BCUT2D eigenvalue weighted by Gasteiger charge is 2.07. The number of carbonyl (C=O) groups is 1. The Morgan fingerprint density at radius 3 is 2.71 bits per heavy atom. The van der Waals surface area contributed by atoms with E-state index in [4.69, 9.17) is 9.47 Å². The van der Waals surface area contributed by atoms with Crippen molar-refractivity contribution in [1.29, 1.82) is 0 Å². The Kier molecular flexibility index (Phi) is 5.77. The van der Waals surface area contributed by atoms with Gasteiger partial charge in [-0.15, -0.1) is 0 Å². The molecule has 1 rings (SSSR count). The Labute approximate surface area is 110 Å². The van der Waals surface area contributed by atoms with E-state index in [2.05, 4.69) is 15.9 Å². The number of ketones is 1. The molecule has 17 heavy (non-hydrogen) atoms. The second-order valence-electron chi connectivity index (χ2n) is 3.36. The molecule has 0 saturated heterocycles. The van der Waals surface area contributed by atoms with Gasteiger partial charge >= 0.3 is 0 Å². The quantitative estimate of drug-likeness (QED) is 0.459. The van der Waals surface area contributed by atoms with Crippen LogP contribution in [0.1, 0.15) is 17.3 Å². The maximum absolute atomic E-state index is 11.2. The molecule has 0 fully saturated rings. The van der Waals surface area contributed by atoms with Gasteiger partial charge in [0.2, 0.25) is 0 Å². The van der Waals surface area contributed by atoms with Crippen molar-refractivity contribution in [2.45, 2.75) is 6.92 Å². The van der Waals surface area contributed by atoms with Crippen molar-refractivity contribution >= 4 is 21.7 Å². The van der Waals surface area contributed by atoms with Gasteiger partial charge in [0.15, 0.2) is 17.3 Å². The fraction of sp³-hybridized carbons (Fsp3) is 0.308. The summed E-state index contributed by atoms with van der Waals surface area (Å²) in [7, 11) is 1.56. The van der Waals surface area contributed by atoms with Crippen LogP contribution in [0, 0.1) is 0 Å². The van der Waals surface area contributed by atoms with Crippen molar-refractivity contribution < 1.29 is 14.3 Å². The van der Waals surface area contributed by atoms with E-state index in [1.165, 1.54) is 6.92 Å². The summed E-state index contributed by atoms with van der Waals surface area (Å²) in [5, 5.41) is 0.802. The van der Waals surface area contributed by atoms with Crippen molar-refractivity contribution in [3.05, 3.63) is 35.9 Å². The van der Waals surface area contributed by atoms with Gasteiger partial charge in [0.25, 0.3) is 0 Å². The van der Waals surface area contributed by atoms with Crippen LogP contribution in [-0.2, 0) is 0 Å². The average Bonchev–Trinajstić information content (AvgIpc) is 2.34. The van der Waals surface area contributed by atoms with Crippen molar-refractivity contribution in [2.24, 2.45) is 0 Å². The van der Waals surface area contributed by atoms with E-state index in [-0.39, 0.29) is 5.78 Å². The number of allylic oxidation sites excluding steroid dienone is 1. The van der Waals surface area contributed by atoms with Crippen LogP contribution in [0.3, 0.4) is 0 Å². The largest absolute Gasteiger partial charge is 0.493 e. The normalized spacial score (nSPS) is 10.5. The lowest BCUT2D eigenvalue weighted by Crippen LogP contribution is -1.99. The van der Waals surface area contributed by atoms with Crippen LogP contribution in [0.4, 0.5) is 0 Å². The van der Waals surface area contributed by atoms with E-state index in [0.29, 0.717) is 23.7 Å². The van der Waals surface area contributed by atoms with Crippen molar-refractivity contribution in [3.8, 4) is 11.5 Å². The van der Waals surface area contributed by atoms with E-state index in [1.54, 1.807) is 25.3 Å². The van der Waals surface area contributed by atoms with Crippen LogP contribution in [0.5, 0.6) is 11.5 Å². The standard InChI is InChI=1S/C13H15BrO3/c1-10(15)11-5-6-12(13(9-11)16-2)17-8-4-3-7-14/h3-6,9H,7-8H2,1-2H3. The number of alkyl halides is 1. The molecule has 1 aromatic carbocycles. The van der Waals surface area contributed by atoms with Crippen LogP contribution < -0.4 is 9.47 Å². The van der Waals surface area contributed by atoms with Gasteiger partial charge in [0.1, 0.15) is 6.61 Å². The highest BCUT2D eigenvalue weighted by Crippen LogP contribution is 2.28. The maximum Gasteiger partial charge on any atom is 0.161 e. The summed E-state index contributed by atoms with van der Waals surface area (Å²) in [4.78, 5) is 11.2. The predicted molar refractivity (Wildman–Crippen MR) is 71.4 cm³/mol. The van der Waals surface area contributed by atoms with Crippen molar-refractivity contribution in [1.82, 2.24) is 0 Å². The predicted octanol–water partition coefficient (Wildman–Crippen LogP) is 3.23. The van der Waals surface area contributed by atoms with Gasteiger partial charge in [-0.1, -0.05) is 28.1 Å². The molecule has 0 N–H and O–H groups in total. The minimum atomic E-state index is 0.00837. The van der Waals surface area contributed by atoms with Gasteiger partial charge in [-0.2, -0.15) is 0 Å². The number of hydrogen-bond acceptors (Lipinski definition) is 3. The molecule has 0 bridgehead atoms. The van der Waals surface area contributed by atoms with Crippen molar-refractivity contribution in [2.75, 3.05) is 19.0 Å². The highest BCUT2D eigenvalue weighted by atomic mass is 79.9. The molecule has 4 heteroatoms. The Hall–Kier alpha value is -1.29. The van der Waals surface area contributed by atoms with Gasteiger partial charge in [-0.05, 0) is 25.1 Å². The molecule has 0 aliphatic rings. The molecular formula is C13H15BrO3. The minimum Gasteiger partial charge on any atom is -0.493 e. The zero-order valence-corrected chi connectivity index (χ0v) is 11.5. The molecule has 0 aliphatic carbocycles. The molecule has 0 radical (unpaired) electrons. The Bertz CT molecular complexity index is 413. The Morgan fingerprint density at radius 2 is 2.12 bits per heavy atom. The van der Waals surface area contributed by atoms with E-state index in [9.17, 15) is 4.79 Å². The number of hydrogen-bond donors (Lipinski definition) is 0. The molecule has 0 unspecified atom stereocenters. The first-order valence-corrected chi connectivity index (χ1v) is 6.34. The number of benzene rings is 1. The van der Waals surface area contributed by atoms with Crippen molar-refractivity contribution in [3.63, 3.8) is 0 Å². The monoisotopic (exact) mass is 298 g/mol. The van der Waals surface area contributed by atoms with Crippen LogP contribution in [0.25, 0.3) is 0 Å². The first kappa shape index (κ1) is 13.8. The fourth-order valence-corrected chi connectivity index (χ4v) is 1.54. The van der Waals surface area contributed by atoms with Crippen LogP contribution >= 0.6 is 15.9 Å². The van der Waals surface area contributed by atoms with Gasteiger partial charge in [0, 0.05) is 10.9 Å². The number of halogens is 1. The molecule has 0 aromatic heterocycles. The summed E-state index contributed by atoms with van der Waals surface area (Å²) in [5.74, 6) is 1.22. The lowest BCUT2D eigenvalue weighted by atomic mass is 10.1. The highest BCUT2D eigenvalue weighted by molar-refractivity contribution is 9.09. The molecule has 0 spiro atoms. The summed E-state index contributed by atoms with van der Waals surface area (Å²) in [6.07, 6.45) is 3.86. The molecule has 0 amide bonds. The summed E-state index contributed by atoms with van der Waals surface area (Å²) in [6.45, 7) is 2.00. The molecule has 3 nitrogen and oxygen atoms in total. The third-order valence-electron chi connectivity index (χ3n) is 2.16. The lowest BCUT2D eigenvalue weighted by molar-refractivity contribution is 0.101. The second kappa shape index (κ2) is 7.12. The zero-order chi connectivity index (χ0) is 12.7. The van der Waals surface area contributed by atoms with Crippen LogP contribution in [-0.4, -0.2) is 24.8 Å². The molecular weight excluding hydrogens is 284 g/mol. The van der Waals surface area contributed by atoms with Crippen LogP contribution in [0.15, 0.2) is 30.4 Å². The summed E-state index contributed by atoms with van der Waals surface area (Å²) >= 11 is 3.28. The van der Waals surface area contributed by atoms with Gasteiger partial charge in [-0.25, -0.2) is 0 Å². The SMILES string of the molecule is COc1cc(C(C)=O)ccc1OCC=CCBr. The Balaban J connectivity index is 2.78. The molecule has 0 saturated carbocycles. The summed E-state index contributed by atoms with van der Waals surface area (Å²) in [5.41, 5.74) is 0.616. The number of carbonyl (C=O) groups excluding carboxylic acids is 1. The Morgan fingerprint density at radius 1 is 1.35 bits per heavy atom. The number of ether oxygens (including phenoxy) is 2. The van der Waals surface area contributed by atoms with E-state index in [0.717, 1.165) is 5.33 Å². The first-order chi connectivity index (χ1) is 8.19. The molecule has 0 heterocycles. The van der Waals surface area contributed by atoms with Gasteiger partial charge in [0.05, 0.1) is 7.11 Å². The van der Waals surface area contributed by atoms with E-state index >= 15 is 0 Å². The molecule has 0 atom stereocenters. The zero-order valence-electron chi connectivity index (χ0n) is 9.90. The number of Topliss-reactive ketones (excluding diaryl/α,β-unsaturated/α-hetero) is 1. The van der Waals surface area contributed by atoms with E-state index in [1.807, 2.05) is 12.2 Å². The lowest BCUT2D eigenvalue weighted by Gasteiger charge is -2.10. The third kappa shape index (κ3) is 4.23. The molecule has 0 aliphatic heterocycles. The number of methoxy groups -OCH3 is 1. The molecule has 1 aromatic rings. The van der Waals surface area contributed by atoms with Crippen LogP contribution in [0.2, 0.25) is 0 Å². The number of rotatable bonds is 6. The van der Waals surface area contributed by atoms with E-state index < -0.39 is 0 Å². The summed E-state index contributed by atoms with van der Waals surface area (Å²) < 4.78 is 10.7. The fourth-order valence-electron chi connectivity index (χ4n) is 1.27. The maximum atomic E-state index is 11.2. The third-order valence-corrected chi connectivity index (χ3v) is 2.53. The van der Waals surface area contributed by atoms with Gasteiger partial charge < -0.3 is 9.47 Å². The smallest absolute Gasteiger partial charge is 0.161 e.